The lowest BCUT2D eigenvalue weighted by atomic mass is 10.2. The summed E-state index contributed by atoms with van der Waals surface area (Å²) in [6.45, 7) is 1.46. The number of nitrogens with one attached hydrogen (secondary N) is 3. The Morgan fingerprint density at radius 2 is 2.13 bits per heavy atom. The van der Waals surface area contributed by atoms with Gasteiger partial charge in [0.2, 0.25) is 11.8 Å². The normalized spacial score (nSPS) is 25.1. The molecule has 1 saturated heterocycles. The van der Waals surface area contributed by atoms with Crippen molar-refractivity contribution in [1.82, 2.24) is 16.0 Å². The fourth-order valence-electron chi connectivity index (χ4n) is 1.68. The molecule has 5 heteroatoms. The van der Waals surface area contributed by atoms with E-state index >= 15 is 0 Å². The topological polar surface area (TPSA) is 70.2 Å². The van der Waals surface area contributed by atoms with Gasteiger partial charge in [-0.15, -0.1) is 0 Å². The van der Waals surface area contributed by atoms with Crippen molar-refractivity contribution in [2.24, 2.45) is 0 Å². The minimum atomic E-state index is -0.307. The third kappa shape index (κ3) is 3.20. The standard InChI is InChI=1S/C10H17N3O2/c14-9-4-3-8(13-9)10(15)12-6-5-11-7-1-2-7/h7-8,11H,1-6H2,(H,12,15)(H,13,14)/t8-/m0/s1. The first-order valence-electron chi connectivity index (χ1n) is 5.56. The summed E-state index contributed by atoms with van der Waals surface area (Å²) in [5.74, 6) is -0.0790. The Balaban J connectivity index is 1.57. The van der Waals surface area contributed by atoms with E-state index in [1.54, 1.807) is 0 Å². The Bertz CT molecular complexity index is 263. The van der Waals surface area contributed by atoms with Crippen LogP contribution in [0.25, 0.3) is 0 Å². The minimum absolute atomic E-state index is 0.0220. The van der Waals surface area contributed by atoms with Gasteiger partial charge in [0.15, 0.2) is 0 Å². The monoisotopic (exact) mass is 211 g/mol. The van der Waals surface area contributed by atoms with Crippen LogP contribution in [0.5, 0.6) is 0 Å². The predicted molar refractivity (Wildman–Crippen MR) is 55.2 cm³/mol. The highest BCUT2D eigenvalue weighted by molar-refractivity contribution is 5.90. The summed E-state index contributed by atoms with van der Waals surface area (Å²) in [6.07, 6.45) is 3.61. The highest BCUT2D eigenvalue weighted by atomic mass is 16.2. The summed E-state index contributed by atoms with van der Waals surface area (Å²) in [4.78, 5) is 22.4. The van der Waals surface area contributed by atoms with Crippen molar-refractivity contribution < 1.29 is 9.59 Å². The first kappa shape index (κ1) is 10.4. The molecular weight excluding hydrogens is 194 g/mol. The summed E-state index contributed by atoms with van der Waals surface area (Å²) >= 11 is 0. The van der Waals surface area contributed by atoms with Gasteiger partial charge in [0, 0.05) is 25.6 Å². The molecule has 1 heterocycles. The molecule has 0 unspecified atom stereocenters. The van der Waals surface area contributed by atoms with Crippen molar-refractivity contribution in [3.63, 3.8) is 0 Å². The molecule has 2 fully saturated rings. The summed E-state index contributed by atoms with van der Waals surface area (Å²) in [6, 6.07) is 0.367. The SMILES string of the molecule is O=C1CC[C@@H](C(=O)NCCNC2CC2)N1. The van der Waals surface area contributed by atoms with Gasteiger partial charge in [0.1, 0.15) is 6.04 Å². The van der Waals surface area contributed by atoms with E-state index in [4.69, 9.17) is 0 Å². The number of hydrogen-bond donors (Lipinski definition) is 3. The second-order valence-electron chi connectivity index (χ2n) is 4.18. The average molecular weight is 211 g/mol. The van der Waals surface area contributed by atoms with Crippen molar-refractivity contribution in [2.45, 2.75) is 37.8 Å². The maximum atomic E-state index is 11.5. The van der Waals surface area contributed by atoms with E-state index in [2.05, 4.69) is 16.0 Å². The summed E-state index contributed by atoms with van der Waals surface area (Å²) < 4.78 is 0. The first-order chi connectivity index (χ1) is 7.25. The Morgan fingerprint density at radius 1 is 1.33 bits per heavy atom. The fraction of sp³-hybridized carbons (Fsp3) is 0.800. The lowest BCUT2D eigenvalue weighted by Crippen LogP contribution is -2.43. The zero-order valence-electron chi connectivity index (χ0n) is 8.71. The van der Waals surface area contributed by atoms with E-state index in [9.17, 15) is 9.59 Å². The first-order valence-corrected chi connectivity index (χ1v) is 5.56. The molecule has 1 saturated carbocycles. The van der Waals surface area contributed by atoms with Crippen LogP contribution in [0.1, 0.15) is 25.7 Å². The molecule has 1 aliphatic carbocycles. The number of carbonyl (C=O) groups is 2. The molecule has 0 radical (unpaired) electrons. The third-order valence-electron chi connectivity index (χ3n) is 2.75. The smallest absolute Gasteiger partial charge is 0.242 e. The molecular formula is C10H17N3O2. The Morgan fingerprint density at radius 3 is 2.73 bits per heavy atom. The Kier molecular flexibility index (Phi) is 3.20. The van der Waals surface area contributed by atoms with Gasteiger partial charge in [-0.05, 0) is 19.3 Å². The van der Waals surface area contributed by atoms with Crippen LogP contribution < -0.4 is 16.0 Å². The van der Waals surface area contributed by atoms with E-state index in [0.29, 0.717) is 25.4 Å². The van der Waals surface area contributed by atoms with Gasteiger partial charge in [-0.1, -0.05) is 0 Å². The van der Waals surface area contributed by atoms with Crippen LogP contribution in [0, 0.1) is 0 Å². The van der Waals surface area contributed by atoms with Gasteiger partial charge in [-0.2, -0.15) is 0 Å². The lowest BCUT2D eigenvalue weighted by molar-refractivity contribution is -0.125. The second-order valence-corrected chi connectivity index (χ2v) is 4.18. The van der Waals surface area contributed by atoms with E-state index in [0.717, 1.165) is 6.54 Å². The van der Waals surface area contributed by atoms with Crippen LogP contribution in [0.4, 0.5) is 0 Å². The molecule has 2 amide bonds. The molecule has 0 aromatic carbocycles. The van der Waals surface area contributed by atoms with E-state index < -0.39 is 0 Å². The molecule has 0 bridgehead atoms. The highest BCUT2D eigenvalue weighted by Crippen LogP contribution is 2.17. The summed E-state index contributed by atoms with van der Waals surface area (Å²) in [5.41, 5.74) is 0. The molecule has 84 valence electrons. The van der Waals surface area contributed by atoms with Gasteiger partial charge in [-0.25, -0.2) is 0 Å². The highest BCUT2D eigenvalue weighted by Gasteiger charge is 2.26. The van der Waals surface area contributed by atoms with Crippen LogP contribution in [-0.4, -0.2) is 37.0 Å². The average Bonchev–Trinajstić information content (AvgIpc) is 2.94. The maximum Gasteiger partial charge on any atom is 0.242 e. The van der Waals surface area contributed by atoms with Crippen molar-refractivity contribution in [3.05, 3.63) is 0 Å². The van der Waals surface area contributed by atoms with Crippen LogP contribution >= 0.6 is 0 Å². The molecule has 0 aromatic rings. The van der Waals surface area contributed by atoms with Crippen LogP contribution in [0.3, 0.4) is 0 Å². The van der Waals surface area contributed by atoms with Crippen molar-refractivity contribution in [2.75, 3.05) is 13.1 Å². The Labute approximate surface area is 89.0 Å². The van der Waals surface area contributed by atoms with Crippen molar-refractivity contribution in [3.8, 4) is 0 Å². The third-order valence-corrected chi connectivity index (χ3v) is 2.75. The molecule has 0 spiro atoms. The number of rotatable bonds is 5. The van der Waals surface area contributed by atoms with Crippen molar-refractivity contribution in [1.29, 1.82) is 0 Å². The van der Waals surface area contributed by atoms with Crippen LogP contribution in [0.2, 0.25) is 0 Å². The largest absolute Gasteiger partial charge is 0.353 e. The lowest BCUT2D eigenvalue weighted by Gasteiger charge is -2.10. The van der Waals surface area contributed by atoms with Gasteiger partial charge in [0.05, 0.1) is 0 Å². The van der Waals surface area contributed by atoms with Gasteiger partial charge in [-0.3, -0.25) is 9.59 Å². The quantitative estimate of drug-likeness (QED) is 0.518. The van der Waals surface area contributed by atoms with E-state index in [1.165, 1.54) is 12.8 Å². The van der Waals surface area contributed by atoms with Crippen molar-refractivity contribution >= 4 is 11.8 Å². The zero-order chi connectivity index (χ0) is 10.7. The molecule has 1 aliphatic heterocycles. The molecule has 3 N–H and O–H groups in total. The maximum absolute atomic E-state index is 11.5. The molecule has 1 atom stereocenters. The molecule has 0 aromatic heterocycles. The predicted octanol–water partition coefficient (Wildman–Crippen LogP) is -0.867. The van der Waals surface area contributed by atoms with Gasteiger partial charge in [0.25, 0.3) is 0 Å². The zero-order valence-corrected chi connectivity index (χ0v) is 8.71. The number of hydrogen-bond acceptors (Lipinski definition) is 3. The minimum Gasteiger partial charge on any atom is -0.353 e. The summed E-state index contributed by atoms with van der Waals surface area (Å²) in [7, 11) is 0. The number of carbonyl (C=O) groups excluding carboxylic acids is 2. The fourth-order valence-corrected chi connectivity index (χ4v) is 1.68. The van der Waals surface area contributed by atoms with Crippen LogP contribution in [0.15, 0.2) is 0 Å². The van der Waals surface area contributed by atoms with Gasteiger partial charge >= 0.3 is 0 Å². The van der Waals surface area contributed by atoms with Crippen LogP contribution in [-0.2, 0) is 9.59 Å². The Hall–Kier alpha value is -1.10. The van der Waals surface area contributed by atoms with E-state index in [1.807, 2.05) is 0 Å². The number of amides is 2. The molecule has 2 aliphatic rings. The molecule has 5 nitrogen and oxygen atoms in total. The van der Waals surface area contributed by atoms with E-state index in [-0.39, 0.29) is 17.9 Å². The molecule has 15 heavy (non-hydrogen) atoms. The summed E-state index contributed by atoms with van der Waals surface area (Å²) in [5, 5.41) is 8.77. The second kappa shape index (κ2) is 4.61. The molecule has 2 rings (SSSR count). The van der Waals surface area contributed by atoms with Gasteiger partial charge < -0.3 is 16.0 Å².